The highest BCUT2D eigenvalue weighted by molar-refractivity contribution is 7.26. The molecule has 242 valence electrons. The summed E-state index contributed by atoms with van der Waals surface area (Å²) in [5.74, 6) is 0. The third-order valence-electron chi connectivity index (χ3n) is 11.8. The Labute approximate surface area is 301 Å². The molecule has 0 bridgehead atoms. The lowest BCUT2D eigenvalue weighted by Crippen LogP contribution is -2.17. The Morgan fingerprint density at radius 1 is 0.431 bits per heavy atom. The van der Waals surface area contributed by atoms with Crippen molar-refractivity contribution in [2.75, 3.05) is 0 Å². The van der Waals surface area contributed by atoms with Crippen LogP contribution in [0.5, 0.6) is 0 Å². The minimum Gasteiger partial charge on any atom is -0.245 e. The van der Waals surface area contributed by atoms with Gasteiger partial charge in [0.2, 0.25) is 0 Å². The lowest BCUT2D eigenvalue weighted by atomic mass is 9.79. The Morgan fingerprint density at radius 2 is 0.941 bits per heavy atom. The summed E-state index contributed by atoms with van der Waals surface area (Å²) in [6, 6.07) is 48.9. The minimum absolute atomic E-state index is 0.205. The van der Waals surface area contributed by atoms with E-state index in [2.05, 4.69) is 161 Å². The van der Waals surface area contributed by atoms with E-state index in [1.54, 1.807) is 0 Å². The predicted molar refractivity (Wildman–Crippen MR) is 216 cm³/mol. The van der Waals surface area contributed by atoms with E-state index in [9.17, 15) is 0 Å². The number of nitrogens with zero attached hydrogens (tertiary/aromatic N) is 2. The Bertz CT molecular complexity index is 2960. The van der Waals surface area contributed by atoms with Crippen LogP contribution in [0.4, 0.5) is 0 Å². The number of rotatable bonds is 2. The lowest BCUT2D eigenvalue weighted by Gasteiger charge is -2.26. The van der Waals surface area contributed by atoms with Crippen molar-refractivity contribution >= 4 is 53.3 Å². The van der Waals surface area contributed by atoms with Crippen molar-refractivity contribution in [3.8, 4) is 44.8 Å². The number of pyridine rings is 2. The van der Waals surface area contributed by atoms with Crippen LogP contribution in [-0.4, -0.2) is 9.97 Å². The number of thiophene rings is 1. The quantitative estimate of drug-likeness (QED) is 0.171. The van der Waals surface area contributed by atoms with Crippen LogP contribution in [0.2, 0.25) is 0 Å². The van der Waals surface area contributed by atoms with Crippen molar-refractivity contribution in [1.29, 1.82) is 0 Å². The van der Waals surface area contributed by atoms with E-state index in [0.717, 1.165) is 28.0 Å². The van der Waals surface area contributed by atoms with Crippen LogP contribution in [-0.2, 0) is 10.8 Å². The standard InChI is InChI=1S/C48H34N2S/c1-47(2)35-22-11-8-18-30(35)38-32-25-26-33-39-31-19-9-12-23-36(31)48(3,4)41(39)43(34-21-14-20-29-28-17-10-13-24-37(28)51-46(29)34)50-45(33)44(32)49-42(40(38)47)27-15-6-5-7-16-27/h5-26H,1-4H3. The molecule has 0 atom stereocenters. The summed E-state index contributed by atoms with van der Waals surface area (Å²) >= 11 is 1.87. The summed E-state index contributed by atoms with van der Waals surface area (Å²) in [6.07, 6.45) is 0. The molecule has 0 amide bonds. The van der Waals surface area contributed by atoms with E-state index < -0.39 is 0 Å². The smallest absolute Gasteiger partial charge is 0.0979 e. The molecule has 0 spiro atoms. The molecule has 3 heteroatoms. The topological polar surface area (TPSA) is 25.8 Å². The van der Waals surface area contributed by atoms with Crippen molar-refractivity contribution < 1.29 is 0 Å². The molecule has 11 rings (SSSR count). The van der Waals surface area contributed by atoms with Crippen molar-refractivity contribution in [3.05, 3.63) is 156 Å². The van der Waals surface area contributed by atoms with E-state index >= 15 is 0 Å². The molecule has 0 aliphatic heterocycles. The second kappa shape index (κ2) is 9.99. The Morgan fingerprint density at radius 3 is 1.61 bits per heavy atom. The molecule has 0 unspecified atom stereocenters. The zero-order chi connectivity index (χ0) is 34.2. The van der Waals surface area contributed by atoms with Gasteiger partial charge in [-0.2, -0.15) is 0 Å². The van der Waals surface area contributed by atoms with Crippen LogP contribution < -0.4 is 0 Å². The SMILES string of the molecule is CC1(C)c2ccccc2-c2c1c(-c1ccccc1)nc1c2ccc2c3c(c(-c4cccc5c4sc4ccccc45)nc21)C(C)(C)c1ccccc1-3. The van der Waals surface area contributed by atoms with Crippen molar-refractivity contribution in [2.24, 2.45) is 0 Å². The molecule has 3 aromatic heterocycles. The molecule has 2 aliphatic carbocycles. The molecule has 0 saturated carbocycles. The van der Waals surface area contributed by atoms with Crippen molar-refractivity contribution in [2.45, 2.75) is 38.5 Å². The highest BCUT2D eigenvalue weighted by Gasteiger charge is 2.42. The number of hydrogen-bond acceptors (Lipinski definition) is 3. The van der Waals surface area contributed by atoms with Gasteiger partial charge in [-0.25, -0.2) is 9.97 Å². The first-order valence-electron chi connectivity index (χ1n) is 17.9. The minimum atomic E-state index is -0.236. The molecule has 9 aromatic rings. The Balaban J connectivity index is 1.35. The monoisotopic (exact) mass is 670 g/mol. The molecule has 51 heavy (non-hydrogen) atoms. The van der Waals surface area contributed by atoms with E-state index in [0.29, 0.717) is 0 Å². The largest absolute Gasteiger partial charge is 0.245 e. The average Bonchev–Trinajstić information content (AvgIpc) is 3.75. The maximum absolute atomic E-state index is 5.84. The lowest BCUT2D eigenvalue weighted by molar-refractivity contribution is 0.660. The van der Waals surface area contributed by atoms with Gasteiger partial charge in [-0.1, -0.05) is 155 Å². The Hall–Kier alpha value is -5.64. The summed E-state index contributed by atoms with van der Waals surface area (Å²) in [5.41, 5.74) is 16.4. The van der Waals surface area contributed by atoms with E-state index in [-0.39, 0.29) is 10.8 Å². The van der Waals surface area contributed by atoms with Gasteiger partial charge in [0.05, 0.1) is 22.4 Å². The molecular formula is C48H34N2S. The van der Waals surface area contributed by atoms with Crippen LogP contribution >= 0.6 is 11.3 Å². The molecule has 2 aliphatic rings. The van der Waals surface area contributed by atoms with Crippen LogP contribution in [0.1, 0.15) is 49.9 Å². The first kappa shape index (κ1) is 29.1. The third kappa shape index (κ3) is 3.72. The van der Waals surface area contributed by atoms with E-state index in [1.807, 2.05) is 11.3 Å². The van der Waals surface area contributed by atoms with Crippen molar-refractivity contribution in [1.82, 2.24) is 9.97 Å². The summed E-state index contributed by atoms with van der Waals surface area (Å²) in [4.78, 5) is 11.6. The van der Waals surface area contributed by atoms with Crippen molar-refractivity contribution in [3.63, 3.8) is 0 Å². The first-order chi connectivity index (χ1) is 24.8. The number of fused-ring (bicyclic) bond motifs is 14. The molecule has 3 heterocycles. The van der Waals surface area contributed by atoms with Gasteiger partial charge in [-0.05, 0) is 50.6 Å². The molecule has 0 N–H and O–H groups in total. The normalized spacial score (nSPS) is 15.0. The molecule has 6 aromatic carbocycles. The summed E-state index contributed by atoms with van der Waals surface area (Å²) in [5, 5.41) is 4.92. The van der Waals surface area contributed by atoms with Gasteiger partial charge in [0, 0.05) is 52.9 Å². The van der Waals surface area contributed by atoms with Gasteiger partial charge in [-0.15, -0.1) is 11.3 Å². The van der Waals surface area contributed by atoms with Gasteiger partial charge in [0.1, 0.15) is 0 Å². The first-order valence-corrected chi connectivity index (χ1v) is 18.7. The fourth-order valence-electron chi connectivity index (χ4n) is 9.52. The number of hydrogen-bond donors (Lipinski definition) is 0. The van der Waals surface area contributed by atoms with Gasteiger partial charge >= 0.3 is 0 Å². The molecule has 0 saturated heterocycles. The van der Waals surface area contributed by atoms with Crippen LogP contribution in [0, 0.1) is 0 Å². The number of benzene rings is 6. The van der Waals surface area contributed by atoms with Gasteiger partial charge < -0.3 is 0 Å². The van der Waals surface area contributed by atoms with Gasteiger partial charge in [0.15, 0.2) is 0 Å². The molecule has 2 nitrogen and oxygen atoms in total. The molecule has 0 radical (unpaired) electrons. The highest BCUT2D eigenvalue weighted by Crippen LogP contribution is 2.58. The number of aromatic nitrogens is 2. The molecular weight excluding hydrogens is 637 g/mol. The second-order valence-corrected chi connectivity index (χ2v) is 16.3. The maximum atomic E-state index is 5.84. The maximum Gasteiger partial charge on any atom is 0.0979 e. The van der Waals surface area contributed by atoms with Crippen LogP contribution in [0.25, 0.3) is 86.7 Å². The zero-order valence-corrected chi connectivity index (χ0v) is 29.8. The second-order valence-electron chi connectivity index (χ2n) is 15.3. The fourth-order valence-corrected chi connectivity index (χ4v) is 10.7. The van der Waals surface area contributed by atoms with E-state index in [4.69, 9.17) is 9.97 Å². The average molecular weight is 671 g/mol. The Kier molecular flexibility index (Phi) is 5.71. The predicted octanol–water partition coefficient (Wildman–Crippen LogP) is 13.1. The summed E-state index contributed by atoms with van der Waals surface area (Å²) < 4.78 is 2.59. The van der Waals surface area contributed by atoms with E-state index in [1.165, 1.54) is 81.0 Å². The van der Waals surface area contributed by atoms with Crippen LogP contribution in [0.15, 0.2) is 133 Å². The highest BCUT2D eigenvalue weighted by atomic mass is 32.1. The summed E-state index contributed by atoms with van der Waals surface area (Å²) in [6.45, 7) is 9.45. The van der Waals surface area contributed by atoms with Gasteiger partial charge in [-0.3, -0.25) is 0 Å². The van der Waals surface area contributed by atoms with Gasteiger partial charge in [0.25, 0.3) is 0 Å². The summed E-state index contributed by atoms with van der Waals surface area (Å²) in [7, 11) is 0. The molecule has 0 fully saturated rings. The van der Waals surface area contributed by atoms with Crippen LogP contribution in [0.3, 0.4) is 0 Å². The third-order valence-corrected chi connectivity index (χ3v) is 13.0. The zero-order valence-electron chi connectivity index (χ0n) is 29.0. The fraction of sp³-hybridized carbons (Fsp3) is 0.125.